The molecule has 1 aromatic rings. The minimum Gasteiger partial charge on any atom is -0.480 e. The Morgan fingerprint density at radius 1 is 1.38 bits per heavy atom. The number of aliphatic carboxylic acids is 1. The summed E-state index contributed by atoms with van der Waals surface area (Å²) in [4.78, 5) is 29.1. The monoisotopic (exact) mass is 350 g/mol. The molecule has 1 amide bonds. The number of carboxylic acids is 1. The summed E-state index contributed by atoms with van der Waals surface area (Å²) in [6, 6.07) is 0. The molecular weight excluding hydrogens is 324 g/mol. The SMILES string of the molecule is CC1CCC(NC(=O)C=Cc2cnc(C(C)(C)C)s2)(C(=O)O)CC1. The van der Waals surface area contributed by atoms with Crippen LogP contribution in [0.3, 0.4) is 0 Å². The van der Waals surface area contributed by atoms with Crippen molar-refractivity contribution >= 4 is 29.3 Å². The van der Waals surface area contributed by atoms with Crippen LogP contribution in [0.5, 0.6) is 0 Å². The fraction of sp³-hybridized carbons (Fsp3) is 0.611. The summed E-state index contributed by atoms with van der Waals surface area (Å²) in [6.07, 6.45) is 7.45. The van der Waals surface area contributed by atoms with Gasteiger partial charge in [0.25, 0.3) is 0 Å². The summed E-state index contributed by atoms with van der Waals surface area (Å²) < 4.78 is 0. The smallest absolute Gasteiger partial charge is 0.329 e. The van der Waals surface area contributed by atoms with E-state index in [1.807, 2.05) is 0 Å². The normalized spacial score (nSPS) is 24.9. The maximum absolute atomic E-state index is 12.2. The third-order valence-electron chi connectivity index (χ3n) is 4.46. The number of thiazole rings is 1. The summed E-state index contributed by atoms with van der Waals surface area (Å²) in [7, 11) is 0. The Bertz CT molecular complexity index is 635. The predicted molar refractivity (Wildman–Crippen MR) is 96.0 cm³/mol. The minimum atomic E-state index is -1.13. The first-order chi connectivity index (χ1) is 11.1. The Morgan fingerprint density at radius 2 is 2.00 bits per heavy atom. The largest absolute Gasteiger partial charge is 0.480 e. The van der Waals surface area contributed by atoms with Gasteiger partial charge in [0.15, 0.2) is 0 Å². The van der Waals surface area contributed by atoms with Crippen molar-refractivity contribution in [2.75, 3.05) is 0 Å². The molecule has 1 saturated carbocycles. The number of hydrogen-bond donors (Lipinski definition) is 2. The Morgan fingerprint density at radius 3 is 2.50 bits per heavy atom. The predicted octanol–water partition coefficient (Wildman–Crippen LogP) is 3.60. The molecule has 1 heterocycles. The summed E-state index contributed by atoms with van der Waals surface area (Å²) in [5, 5.41) is 13.3. The van der Waals surface area contributed by atoms with Crippen LogP contribution >= 0.6 is 11.3 Å². The lowest BCUT2D eigenvalue weighted by Crippen LogP contribution is -2.55. The number of carboxylic acid groups (broad SMARTS) is 1. The van der Waals surface area contributed by atoms with Crippen LogP contribution in [-0.2, 0) is 15.0 Å². The fourth-order valence-corrected chi connectivity index (χ4v) is 3.67. The first-order valence-corrected chi connectivity index (χ1v) is 9.14. The Balaban J connectivity index is 2.03. The van der Waals surface area contributed by atoms with Gasteiger partial charge in [-0.05, 0) is 37.7 Å². The molecule has 1 aromatic heterocycles. The van der Waals surface area contributed by atoms with E-state index in [1.54, 1.807) is 12.3 Å². The summed E-state index contributed by atoms with van der Waals surface area (Å²) in [5.41, 5.74) is -1.15. The Kier molecular flexibility index (Phi) is 5.48. The molecule has 0 saturated heterocycles. The van der Waals surface area contributed by atoms with Crippen LogP contribution in [0, 0.1) is 5.92 Å². The quantitative estimate of drug-likeness (QED) is 0.813. The van der Waals surface area contributed by atoms with E-state index in [2.05, 4.69) is 38.0 Å². The summed E-state index contributed by atoms with van der Waals surface area (Å²) >= 11 is 1.54. The zero-order chi connectivity index (χ0) is 18.0. The Labute approximate surface area is 147 Å². The molecular formula is C18H26N2O3S. The summed E-state index contributed by atoms with van der Waals surface area (Å²) in [5.74, 6) is -0.792. The van der Waals surface area contributed by atoms with Crippen LogP contribution in [-0.4, -0.2) is 27.5 Å². The van der Waals surface area contributed by atoms with Crippen molar-refractivity contribution < 1.29 is 14.7 Å². The number of carbonyl (C=O) groups excluding carboxylic acids is 1. The van der Waals surface area contributed by atoms with Crippen molar-refractivity contribution in [1.29, 1.82) is 0 Å². The molecule has 6 heteroatoms. The molecule has 0 bridgehead atoms. The van der Waals surface area contributed by atoms with E-state index in [1.165, 1.54) is 17.4 Å². The molecule has 0 spiro atoms. The summed E-state index contributed by atoms with van der Waals surface area (Å²) in [6.45, 7) is 8.39. The van der Waals surface area contributed by atoms with Gasteiger partial charge < -0.3 is 10.4 Å². The van der Waals surface area contributed by atoms with Crippen LogP contribution in [0.4, 0.5) is 0 Å². The minimum absolute atomic E-state index is 0.0226. The van der Waals surface area contributed by atoms with Gasteiger partial charge in [-0.15, -0.1) is 11.3 Å². The van der Waals surface area contributed by atoms with E-state index in [0.717, 1.165) is 22.7 Å². The van der Waals surface area contributed by atoms with Crippen LogP contribution < -0.4 is 5.32 Å². The van der Waals surface area contributed by atoms with Crippen LogP contribution in [0.15, 0.2) is 12.3 Å². The second kappa shape index (κ2) is 7.05. The number of nitrogens with one attached hydrogen (secondary N) is 1. The van der Waals surface area contributed by atoms with Crippen molar-refractivity contribution in [3.05, 3.63) is 22.2 Å². The highest BCUT2D eigenvalue weighted by molar-refractivity contribution is 7.12. The standard InChI is InChI=1S/C18H26N2O3S/c1-12-7-9-18(10-8-12,16(22)23)20-14(21)6-5-13-11-19-15(24-13)17(2,3)4/h5-6,11-12H,7-10H2,1-4H3,(H,20,21)(H,22,23). The molecule has 1 aliphatic rings. The highest BCUT2D eigenvalue weighted by atomic mass is 32.1. The van der Waals surface area contributed by atoms with E-state index in [-0.39, 0.29) is 11.3 Å². The second-order valence-electron chi connectivity index (χ2n) is 7.71. The number of nitrogens with zero attached hydrogens (tertiary/aromatic N) is 1. The lowest BCUT2D eigenvalue weighted by molar-refractivity contribution is -0.149. The molecule has 1 aliphatic carbocycles. The number of aromatic nitrogens is 1. The van der Waals surface area contributed by atoms with Gasteiger partial charge in [-0.3, -0.25) is 4.79 Å². The van der Waals surface area contributed by atoms with Crippen molar-refractivity contribution in [2.45, 2.75) is 64.3 Å². The molecule has 132 valence electrons. The molecule has 0 unspecified atom stereocenters. The highest BCUT2D eigenvalue weighted by Gasteiger charge is 2.42. The first-order valence-electron chi connectivity index (χ1n) is 8.32. The van der Waals surface area contributed by atoms with Crippen LogP contribution in [0.25, 0.3) is 6.08 Å². The topological polar surface area (TPSA) is 79.3 Å². The van der Waals surface area contributed by atoms with Crippen molar-refractivity contribution in [2.24, 2.45) is 5.92 Å². The van der Waals surface area contributed by atoms with Gasteiger partial charge in [0.05, 0.1) is 5.01 Å². The van der Waals surface area contributed by atoms with Gasteiger partial charge in [-0.1, -0.05) is 27.7 Å². The molecule has 2 rings (SSSR count). The van der Waals surface area contributed by atoms with Crippen molar-refractivity contribution in [3.8, 4) is 0 Å². The zero-order valence-electron chi connectivity index (χ0n) is 14.8. The van der Waals surface area contributed by atoms with Gasteiger partial charge in [-0.25, -0.2) is 9.78 Å². The number of amides is 1. The molecule has 0 aliphatic heterocycles. The average Bonchev–Trinajstić information content (AvgIpc) is 2.97. The van der Waals surface area contributed by atoms with E-state index >= 15 is 0 Å². The molecule has 5 nitrogen and oxygen atoms in total. The van der Waals surface area contributed by atoms with Gasteiger partial charge in [-0.2, -0.15) is 0 Å². The maximum atomic E-state index is 12.2. The lowest BCUT2D eigenvalue weighted by Gasteiger charge is -2.36. The molecule has 0 atom stereocenters. The van der Waals surface area contributed by atoms with Gasteiger partial charge in [0.1, 0.15) is 5.54 Å². The van der Waals surface area contributed by atoms with E-state index < -0.39 is 11.5 Å². The van der Waals surface area contributed by atoms with Gasteiger partial charge in [0.2, 0.25) is 5.91 Å². The molecule has 1 fully saturated rings. The maximum Gasteiger partial charge on any atom is 0.329 e. The number of hydrogen-bond acceptors (Lipinski definition) is 4. The Hall–Kier alpha value is -1.69. The second-order valence-corrected chi connectivity index (χ2v) is 8.77. The van der Waals surface area contributed by atoms with Crippen LogP contribution in [0.1, 0.15) is 63.3 Å². The molecule has 2 N–H and O–H groups in total. The molecule has 0 aromatic carbocycles. The van der Waals surface area contributed by atoms with Gasteiger partial charge in [0, 0.05) is 22.6 Å². The van der Waals surface area contributed by atoms with Crippen LogP contribution in [0.2, 0.25) is 0 Å². The number of rotatable bonds is 4. The lowest BCUT2D eigenvalue weighted by atomic mass is 9.77. The van der Waals surface area contributed by atoms with Crippen molar-refractivity contribution in [1.82, 2.24) is 10.3 Å². The zero-order valence-corrected chi connectivity index (χ0v) is 15.6. The van der Waals surface area contributed by atoms with E-state index in [0.29, 0.717) is 18.8 Å². The van der Waals surface area contributed by atoms with Crippen molar-refractivity contribution in [3.63, 3.8) is 0 Å². The fourth-order valence-electron chi connectivity index (χ4n) is 2.79. The third kappa shape index (κ3) is 4.44. The van der Waals surface area contributed by atoms with E-state index in [9.17, 15) is 14.7 Å². The highest BCUT2D eigenvalue weighted by Crippen LogP contribution is 2.32. The average molecular weight is 350 g/mol. The third-order valence-corrected chi connectivity index (χ3v) is 5.85. The number of carbonyl (C=O) groups is 2. The first kappa shape index (κ1) is 18.6. The van der Waals surface area contributed by atoms with E-state index in [4.69, 9.17) is 0 Å². The molecule has 0 radical (unpaired) electrons. The van der Waals surface area contributed by atoms with Gasteiger partial charge >= 0.3 is 5.97 Å². The molecule has 24 heavy (non-hydrogen) atoms.